The molecule has 2 aliphatic heterocycles. The third-order valence-electron chi connectivity index (χ3n) is 6.00. The topological polar surface area (TPSA) is 58.6 Å². The number of nitrogens with zero attached hydrogens (tertiary/aromatic N) is 4. The van der Waals surface area contributed by atoms with Crippen molar-refractivity contribution in [2.75, 3.05) is 44.3 Å². The molecule has 0 bridgehead atoms. The Labute approximate surface area is 166 Å². The number of likely N-dealkylation sites (tertiary alicyclic amines) is 1. The number of carbonyl (C=O) groups is 1. The highest BCUT2D eigenvalue weighted by atomic mass is 16.5. The second-order valence-electron chi connectivity index (χ2n) is 7.87. The quantitative estimate of drug-likeness (QED) is 0.820. The van der Waals surface area contributed by atoms with Crippen molar-refractivity contribution in [1.29, 1.82) is 0 Å². The molecule has 2 aromatic rings. The van der Waals surface area contributed by atoms with Crippen LogP contribution < -0.4 is 4.90 Å². The van der Waals surface area contributed by atoms with E-state index in [0.717, 1.165) is 63.6 Å². The first-order valence-corrected chi connectivity index (χ1v) is 10.2. The van der Waals surface area contributed by atoms with E-state index in [2.05, 4.69) is 33.9 Å². The molecule has 148 valence electrons. The molecule has 0 saturated carbocycles. The maximum atomic E-state index is 12.9. The number of benzene rings is 1. The Kier molecular flexibility index (Phi) is 5.57. The zero-order valence-electron chi connectivity index (χ0n) is 16.5. The Hall–Kier alpha value is -2.47. The van der Waals surface area contributed by atoms with Crippen LogP contribution in [-0.2, 0) is 11.2 Å². The molecule has 0 atom stereocenters. The Morgan fingerprint density at radius 2 is 1.82 bits per heavy atom. The average molecular weight is 380 g/mol. The number of aromatic nitrogens is 2. The maximum absolute atomic E-state index is 12.9. The van der Waals surface area contributed by atoms with Crippen LogP contribution in [0.4, 0.5) is 5.95 Å². The molecule has 0 unspecified atom stereocenters. The molecule has 2 fully saturated rings. The Morgan fingerprint density at radius 3 is 2.50 bits per heavy atom. The highest BCUT2D eigenvalue weighted by Gasteiger charge is 2.39. The summed E-state index contributed by atoms with van der Waals surface area (Å²) in [5, 5.41) is 0. The van der Waals surface area contributed by atoms with Gasteiger partial charge in [0, 0.05) is 49.6 Å². The second-order valence-corrected chi connectivity index (χ2v) is 7.87. The van der Waals surface area contributed by atoms with Crippen LogP contribution in [0.1, 0.15) is 35.7 Å². The number of aryl methyl sites for hydroxylation is 1. The highest BCUT2D eigenvalue weighted by molar-refractivity contribution is 5.94. The molecule has 28 heavy (non-hydrogen) atoms. The van der Waals surface area contributed by atoms with E-state index >= 15 is 0 Å². The summed E-state index contributed by atoms with van der Waals surface area (Å²) in [4.78, 5) is 25.9. The minimum Gasteiger partial charge on any atom is -0.379 e. The van der Waals surface area contributed by atoms with E-state index in [1.807, 2.05) is 23.1 Å². The zero-order chi connectivity index (χ0) is 19.4. The van der Waals surface area contributed by atoms with Crippen molar-refractivity contribution >= 4 is 11.9 Å². The molecule has 1 spiro atoms. The van der Waals surface area contributed by atoms with Crippen LogP contribution in [0.2, 0.25) is 0 Å². The summed E-state index contributed by atoms with van der Waals surface area (Å²) in [6.07, 6.45) is 6.43. The molecular formula is C22H28N4O2. The smallest absolute Gasteiger partial charge is 0.253 e. The fourth-order valence-electron chi connectivity index (χ4n) is 4.17. The Bertz CT molecular complexity index is 786. The lowest BCUT2D eigenvalue weighted by atomic mass is 9.78. The molecule has 3 heterocycles. The summed E-state index contributed by atoms with van der Waals surface area (Å²) in [7, 11) is 0. The molecule has 1 aromatic carbocycles. The average Bonchev–Trinajstić information content (AvgIpc) is 2.97. The van der Waals surface area contributed by atoms with Crippen molar-refractivity contribution in [3.8, 4) is 0 Å². The molecule has 1 aromatic heterocycles. The SMILES string of the molecule is CCc1ccc(C(=O)N2CCC3(CC2)COCCN(c2ncccn2)C3)cc1. The number of hydrogen-bond donors (Lipinski definition) is 0. The van der Waals surface area contributed by atoms with Crippen LogP contribution in [0.5, 0.6) is 0 Å². The Balaban J connectivity index is 1.42. The van der Waals surface area contributed by atoms with Gasteiger partial charge in [-0.25, -0.2) is 9.97 Å². The number of ether oxygens (including phenoxy) is 1. The fourth-order valence-corrected chi connectivity index (χ4v) is 4.17. The molecular weight excluding hydrogens is 352 g/mol. The van der Waals surface area contributed by atoms with Crippen LogP contribution in [-0.4, -0.2) is 60.2 Å². The summed E-state index contributed by atoms with van der Waals surface area (Å²) >= 11 is 0. The van der Waals surface area contributed by atoms with E-state index in [1.54, 1.807) is 12.4 Å². The van der Waals surface area contributed by atoms with Gasteiger partial charge in [-0.3, -0.25) is 4.79 Å². The highest BCUT2D eigenvalue weighted by Crippen LogP contribution is 2.35. The molecule has 0 aliphatic carbocycles. The van der Waals surface area contributed by atoms with Crippen molar-refractivity contribution in [2.24, 2.45) is 5.41 Å². The largest absolute Gasteiger partial charge is 0.379 e. The van der Waals surface area contributed by atoms with Crippen LogP contribution in [0.15, 0.2) is 42.7 Å². The van der Waals surface area contributed by atoms with Gasteiger partial charge in [0.15, 0.2) is 0 Å². The van der Waals surface area contributed by atoms with Gasteiger partial charge in [-0.05, 0) is 43.0 Å². The van der Waals surface area contributed by atoms with E-state index in [4.69, 9.17) is 4.74 Å². The lowest BCUT2D eigenvalue weighted by Gasteiger charge is -2.42. The van der Waals surface area contributed by atoms with Gasteiger partial charge in [0.2, 0.25) is 5.95 Å². The lowest BCUT2D eigenvalue weighted by molar-refractivity contribution is 0.0207. The van der Waals surface area contributed by atoms with Gasteiger partial charge >= 0.3 is 0 Å². The van der Waals surface area contributed by atoms with E-state index < -0.39 is 0 Å². The van der Waals surface area contributed by atoms with Crippen molar-refractivity contribution in [2.45, 2.75) is 26.2 Å². The van der Waals surface area contributed by atoms with Gasteiger partial charge in [-0.1, -0.05) is 19.1 Å². The molecule has 6 heteroatoms. The van der Waals surface area contributed by atoms with Crippen LogP contribution >= 0.6 is 0 Å². The Morgan fingerprint density at radius 1 is 1.11 bits per heavy atom. The number of hydrogen-bond acceptors (Lipinski definition) is 5. The molecule has 4 rings (SSSR count). The summed E-state index contributed by atoms with van der Waals surface area (Å²) in [5.74, 6) is 0.900. The first-order valence-electron chi connectivity index (χ1n) is 10.2. The van der Waals surface area contributed by atoms with Gasteiger partial charge < -0.3 is 14.5 Å². The third-order valence-corrected chi connectivity index (χ3v) is 6.00. The van der Waals surface area contributed by atoms with E-state index in [1.165, 1.54) is 5.56 Å². The van der Waals surface area contributed by atoms with Gasteiger partial charge in [-0.15, -0.1) is 0 Å². The van der Waals surface area contributed by atoms with Gasteiger partial charge in [-0.2, -0.15) is 0 Å². The first kappa shape index (κ1) is 18.9. The van der Waals surface area contributed by atoms with Crippen LogP contribution in [0, 0.1) is 5.41 Å². The number of amides is 1. The molecule has 6 nitrogen and oxygen atoms in total. The summed E-state index contributed by atoms with van der Waals surface area (Å²) in [6.45, 7) is 6.76. The minimum absolute atomic E-state index is 0.0541. The predicted octanol–water partition coefficient (Wildman–Crippen LogP) is 2.80. The minimum atomic E-state index is 0.0541. The second kappa shape index (κ2) is 8.27. The molecule has 0 radical (unpaired) electrons. The summed E-state index contributed by atoms with van der Waals surface area (Å²) < 4.78 is 5.94. The van der Waals surface area contributed by atoms with Crippen molar-refractivity contribution in [1.82, 2.24) is 14.9 Å². The zero-order valence-corrected chi connectivity index (χ0v) is 16.5. The normalized spacial score (nSPS) is 19.5. The van der Waals surface area contributed by atoms with Crippen molar-refractivity contribution in [3.63, 3.8) is 0 Å². The lowest BCUT2D eigenvalue weighted by Crippen LogP contribution is -2.49. The van der Waals surface area contributed by atoms with Crippen LogP contribution in [0.3, 0.4) is 0 Å². The number of anilines is 1. The van der Waals surface area contributed by atoms with Gasteiger partial charge in [0.05, 0.1) is 13.2 Å². The number of rotatable bonds is 3. The monoisotopic (exact) mass is 380 g/mol. The van der Waals surface area contributed by atoms with E-state index in [-0.39, 0.29) is 11.3 Å². The predicted molar refractivity (Wildman–Crippen MR) is 108 cm³/mol. The molecule has 0 N–H and O–H groups in total. The molecule has 2 saturated heterocycles. The molecule has 1 amide bonds. The van der Waals surface area contributed by atoms with Gasteiger partial charge in [0.25, 0.3) is 5.91 Å². The number of carbonyl (C=O) groups excluding carboxylic acids is 1. The number of piperidine rings is 1. The van der Waals surface area contributed by atoms with E-state index in [0.29, 0.717) is 6.61 Å². The van der Waals surface area contributed by atoms with E-state index in [9.17, 15) is 4.79 Å². The van der Waals surface area contributed by atoms with Gasteiger partial charge in [0.1, 0.15) is 0 Å². The molecule has 2 aliphatic rings. The van der Waals surface area contributed by atoms with Crippen molar-refractivity contribution < 1.29 is 9.53 Å². The summed E-state index contributed by atoms with van der Waals surface area (Å²) in [5.41, 5.74) is 2.09. The maximum Gasteiger partial charge on any atom is 0.253 e. The third kappa shape index (κ3) is 4.02. The van der Waals surface area contributed by atoms with Crippen LogP contribution in [0.25, 0.3) is 0 Å². The standard InChI is InChI=1S/C22H28N4O2/c1-2-18-4-6-19(7-5-18)20(27)25-12-8-22(9-13-25)16-26(14-15-28-17-22)21-23-10-3-11-24-21/h3-7,10-11H,2,8-9,12-17H2,1H3. The van der Waals surface area contributed by atoms with Crippen molar-refractivity contribution in [3.05, 3.63) is 53.9 Å². The summed E-state index contributed by atoms with van der Waals surface area (Å²) in [6, 6.07) is 9.85. The first-order chi connectivity index (χ1) is 13.7. The fraction of sp³-hybridized carbons (Fsp3) is 0.500.